The summed E-state index contributed by atoms with van der Waals surface area (Å²) in [6.45, 7) is 2.05. The molecule has 3 aromatic carbocycles. The standard InChI is InChI=1S/C26H23N5O6S/c1-18-6-9-21(31(34)35)16-24(18)38(36,37)29-14-12-28(13-15-29)25(32)19-7-10-20(11-8-19)30-17-27-23-5-3-2-4-22(23)26(30)33/h2-11,16-17H,12-15H2,1H3. The largest absolute Gasteiger partial charge is 0.336 e. The molecule has 0 aliphatic carbocycles. The smallest absolute Gasteiger partial charge is 0.270 e. The van der Waals surface area contributed by atoms with E-state index in [2.05, 4.69) is 4.98 Å². The highest BCUT2D eigenvalue weighted by atomic mass is 32.2. The Morgan fingerprint density at radius 3 is 2.34 bits per heavy atom. The Morgan fingerprint density at radius 2 is 1.66 bits per heavy atom. The van der Waals surface area contributed by atoms with E-state index in [1.165, 1.54) is 27.3 Å². The van der Waals surface area contributed by atoms with E-state index in [0.29, 0.717) is 27.7 Å². The molecule has 1 aromatic heterocycles. The van der Waals surface area contributed by atoms with Crippen LogP contribution < -0.4 is 5.56 Å². The number of para-hydroxylation sites is 1. The quantitative estimate of drug-likeness (QED) is 0.284. The zero-order valence-electron chi connectivity index (χ0n) is 20.4. The topological polar surface area (TPSA) is 136 Å². The van der Waals surface area contributed by atoms with E-state index >= 15 is 0 Å². The molecular weight excluding hydrogens is 510 g/mol. The molecule has 0 unspecified atom stereocenters. The first-order chi connectivity index (χ1) is 18.2. The number of amides is 1. The number of fused-ring (bicyclic) bond motifs is 1. The van der Waals surface area contributed by atoms with Crippen LogP contribution in [0.2, 0.25) is 0 Å². The minimum absolute atomic E-state index is 0.0619. The second kappa shape index (κ2) is 9.80. The molecule has 1 amide bonds. The van der Waals surface area contributed by atoms with Gasteiger partial charge in [0, 0.05) is 43.9 Å². The van der Waals surface area contributed by atoms with Gasteiger partial charge in [0.15, 0.2) is 0 Å². The van der Waals surface area contributed by atoms with Crippen molar-refractivity contribution < 1.29 is 18.1 Å². The van der Waals surface area contributed by atoms with E-state index in [4.69, 9.17) is 0 Å². The van der Waals surface area contributed by atoms with E-state index in [-0.39, 0.29) is 48.2 Å². The van der Waals surface area contributed by atoms with Gasteiger partial charge in [0.2, 0.25) is 10.0 Å². The number of hydrogen-bond donors (Lipinski definition) is 0. The van der Waals surface area contributed by atoms with Gasteiger partial charge < -0.3 is 4.90 Å². The zero-order valence-corrected chi connectivity index (χ0v) is 21.2. The predicted octanol–water partition coefficient (Wildman–Crippen LogP) is 2.75. The van der Waals surface area contributed by atoms with Gasteiger partial charge in [-0.3, -0.25) is 24.3 Å². The third-order valence-corrected chi connectivity index (χ3v) is 8.62. The number of nitro groups is 1. The number of hydrogen-bond acceptors (Lipinski definition) is 7. The lowest BCUT2D eigenvalue weighted by Gasteiger charge is -2.34. The molecule has 12 heteroatoms. The highest BCUT2D eigenvalue weighted by molar-refractivity contribution is 7.89. The van der Waals surface area contributed by atoms with Crippen molar-refractivity contribution in [3.8, 4) is 5.69 Å². The molecule has 11 nitrogen and oxygen atoms in total. The minimum Gasteiger partial charge on any atom is -0.336 e. The maximum absolute atomic E-state index is 13.2. The Hall–Kier alpha value is -4.42. The monoisotopic (exact) mass is 533 g/mol. The van der Waals surface area contributed by atoms with E-state index in [0.717, 1.165) is 6.07 Å². The fourth-order valence-corrected chi connectivity index (χ4v) is 6.12. The highest BCUT2D eigenvalue weighted by Crippen LogP contribution is 2.26. The fourth-order valence-electron chi connectivity index (χ4n) is 4.45. The molecule has 2 heterocycles. The molecule has 0 atom stereocenters. The molecule has 0 bridgehead atoms. The summed E-state index contributed by atoms with van der Waals surface area (Å²) in [4.78, 5) is 42.2. The summed E-state index contributed by atoms with van der Waals surface area (Å²) >= 11 is 0. The Morgan fingerprint density at radius 1 is 0.974 bits per heavy atom. The number of carbonyl (C=O) groups excluding carboxylic acids is 1. The molecule has 38 heavy (non-hydrogen) atoms. The molecule has 5 rings (SSSR count). The first-order valence-electron chi connectivity index (χ1n) is 11.8. The lowest BCUT2D eigenvalue weighted by Crippen LogP contribution is -2.50. The van der Waals surface area contributed by atoms with Crippen molar-refractivity contribution in [2.24, 2.45) is 0 Å². The molecule has 0 saturated carbocycles. The van der Waals surface area contributed by atoms with Crippen LogP contribution in [0.4, 0.5) is 5.69 Å². The predicted molar refractivity (Wildman–Crippen MR) is 140 cm³/mol. The van der Waals surface area contributed by atoms with Gasteiger partial charge in [-0.1, -0.05) is 18.2 Å². The summed E-state index contributed by atoms with van der Waals surface area (Å²) in [6.07, 6.45) is 1.45. The molecular formula is C26H23N5O6S. The summed E-state index contributed by atoms with van der Waals surface area (Å²) in [5, 5.41) is 11.6. The maximum Gasteiger partial charge on any atom is 0.270 e. The molecule has 1 aliphatic heterocycles. The SMILES string of the molecule is Cc1ccc([N+](=O)[O-])cc1S(=O)(=O)N1CCN(C(=O)c2ccc(-n3cnc4ccccc4c3=O)cc2)CC1. The van der Waals surface area contributed by atoms with Crippen LogP contribution in [-0.4, -0.2) is 64.2 Å². The summed E-state index contributed by atoms with van der Waals surface area (Å²) in [7, 11) is -3.97. The number of rotatable bonds is 5. The number of nitrogens with zero attached hydrogens (tertiary/aromatic N) is 5. The number of aromatic nitrogens is 2. The van der Waals surface area contributed by atoms with Gasteiger partial charge in [0.1, 0.15) is 6.33 Å². The van der Waals surface area contributed by atoms with Crippen LogP contribution in [0.25, 0.3) is 16.6 Å². The number of aryl methyl sites for hydroxylation is 1. The first kappa shape index (κ1) is 25.2. The number of non-ortho nitro benzene ring substituents is 1. The number of sulfonamides is 1. The molecule has 1 aliphatic rings. The zero-order chi connectivity index (χ0) is 27.0. The lowest BCUT2D eigenvalue weighted by molar-refractivity contribution is -0.385. The first-order valence-corrected chi connectivity index (χ1v) is 13.2. The molecule has 4 aromatic rings. The summed E-state index contributed by atoms with van der Waals surface area (Å²) in [5.41, 5.74) is 1.46. The normalized spacial score (nSPS) is 14.5. The van der Waals surface area contributed by atoms with Gasteiger partial charge in [-0.05, 0) is 48.9 Å². The van der Waals surface area contributed by atoms with E-state index in [1.54, 1.807) is 54.3 Å². The van der Waals surface area contributed by atoms with Crippen LogP contribution in [0.1, 0.15) is 15.9 Å². The number of carbonyl (C=O) groups is 1. The van der Waals surface area contributed by atoms with Crippen LogP contribution in [0.3, 0.4) is 0 Å². The van der Waals surface area contributed by atoms with Crippen molar-refractivity contribution in [2.45, 2.75) is 11.8 Å². The summed E-state index contributed by atoms with van der Waals surface area (Å²) < 4.78 is 29.0. The van der Waals surface area contributed by atoms with Gasteiger partial charge in [0.05, 0.1) is 26.4 Å². The summed E-state index contributed by atoms with van der Waals surface area (Å²) in [5.74, 6) is -0.260. The van der Waals surface area contributed by atoms with Crippen molar-refractivity contribution >= 4 is 32.5 Å². The molecule has 0 radical (unpaired) electrons. The number of benzene rings is 3. The molecule has 194 valence electrons. The van der Waals surface area contributed by atoms with Crippen LogP contribution in [-0.2, 0) is 10.0 Å². The van der Waals surface area contributed by atoms with Crippen molar-refractivity contribution in [2.75, 3.05) is 26.2 Å². The minimum atomic E-state index is -3.97. The van der Waals surface area contributed by atoms with Gasteiger partial charge in [-0.15, -0.1) is 0 Å². The molecule has 1 fully saturated rings. The van der Waals surface area contributed by atoms with E-state index in [1.807, 2.05) is 6.07 Å². The van der Waals surface area contributed by atoms with Crippen molar-refractivity contribution in [1.82, 2.24) is 18.8 Å². The Labute approximate surface area is 217 Å². The van der Waals surface area contributed by atoms with Crippen molar-refractivity contribution in [1.29, 1.82) is 0 Å². The average Bonchev–Trinajstić information content (AvgIpc) is 2.93. The van der Waals surface area contributed by atoms with E-state index < -0.39 is 14.9 Å². The average molecular weight is 534 g/mol. The third kappa shape index (κ3) is 4.55. The van der Waals surface area contributed by atoms with Crippen molar-refractivity contribution in [3.63, 3.8) is 0 Å². The van der Waals surface area contributed by atoms with Gasteiger partial charge in [0.25, 0.3) is 17.2 Å². The van der Waals surface area contributed by atoms with Gasteiger partial charge in [-0.2, -0.15) is 4.31 Å². The lowest BCUT2D eigenvalue weighted by atomic mass is 10.1. The maximum atomic E-state index is 13.2. The summed E-state index contributed by atoms with van der Waals surface area (Å²) in [6, 6.07) is 17.4. The van der Waals surface area contributed by atoms with Gasteiger partial charge in [-0.25, -0.2) is 13.4 Å². The Bertz CT molecular complexity index is 1730. The second-order valence-electron chi connectivity index (χ2n) is 8.89. The third-order valence-electron chi connectivity index (χ3n) is 6.58. The Balaban J connectivity index is 1.29. The van der Waals surface area contributed by atoms with Crippen LogP contribution in [0.15, 0.2) is 82.7 Å². The highest BCUT2D eigenvalue weighted by Gasteiger charge is 2.32. The molecule has 1 saturated heterocycles. The fraction of sp³-hybridized carbons (Fsp3) is 0.192. The number of piperazine rings is 1. The second-order valence-corrected chi connectivity index (χ2v) is 10.8. The molecule has 0 N–H and O–H groups in total. The van der Waals surface area contributed by atoms with Crippen LogP contribution in [0.5, 0.6) is 0 Å². The number of nitro benzene ring substituents is 1. The van der Waals surface area contributed by atoms with E-state index in [9.17, 15) is 28.1 Å². The van der Waals surface area contributed by atoms with Crippen LogP contribution in [0, 0.1) is 17.0 Å². The van der Waals surface area contributed by atoms with Crippen LogP contribution >= 0.6 is 0 Å². The Kier molecular flexibility index (Phi) is 6.51. The van der Waals surface area contributed by atoms with Gasteiger partial charge >= 0.3 is 0 Å². The van der Waals surface area contributed by atoms with Crippen molar-refractivity contribution in [3.05, 3.63) is 105 Å². The molecule has 0 spiro atoms.